The third-order valence-corrected chi connectivity index (χ3v) is 5.11. The Morgan fingerprint density at radius 2 is 1.82 bits per heavy atom. The SMILES string of the molecule is COc1ccc(-c2cc(NC(=O)[C@@H]3CCCN(C(C)=O)C3)ccc2OC)cc1. The monoisotopic (exact) mass is 382 g/mol. The van der Waals surface area contributed by atoms with Crippen LogP contribution in [0.5, 0.6) is 11.5 Å². The normalized spacial score (nSPS) is 16.4. The Labute approximate surface area is 165 Å². The summed E-state index contributed by atoms with van der Waals surface area (Å²) < 4.78 is 10.7. The molecule has 2 aromatic rings. The average Bonchev–Trinajstić information content (AvgIpc) is 2.73. The van der Waals surface area contributed by atoms with Gasteiger partial charge in [0.1, 0.15) is 11.5 Å². The second-order valence-corrected chi connectivity index (χ2v) is 6.94. The van der Waals surface area contributed by atoms with E-state index in [1.165, 1.54) is 0 Å². The van der Waals surface area contributed by atoms with E-state index in [1.807, 2.05) is 42.5 Å². The maximum atomic E-state index is 12.7. The number of carbonyl (C=O) groups is 2. The third kappa shape index (κ3) is 4.44. The van der Waals surface area contributed by atoms with Crippen LogP contribution in [0.2, 0.25) is 0 Å². The van der Waals surface area contributed by atoms with E-state index >= 15 is 0 Å². The zero-order chi connectivity index (χ0) is 20.1. The molecule has 148 valence electrons. The number of methoxy groups -OCH3 is 2. The lowest BCUT2D eigenvalue weighted by molar-refractivity contribution is -0.132. The number of nitrogens with zero attached hydrogens (tertiary/aromatic N) is 1. The molecule has 6 heteroatoms. The smallest absolute Gasteiger partial charge is 0.229 e. The molecule has 0 bridgehead atoms. The molecule has 1 fully saturated rings. The Bertz CT molecular complexity index is 848. The van der Waals surface area contributed by atoms with Crippen LogP contribution in [0.3, 0.4) is 0 Å². The molecule has 0 radical (unpaired) electrons. The molecule has 0 saturated carbocycles. The van der Waals surface area contributed by atoms with Gasteiger partial charge in [0.2, 0.25) is 11.8 Å². The summed E-state index contributed by atoms with van der Waals surface area (Å²) in [4.78, 5) is 26.1. The number of benzene rings is 2. The molecule has 1 atom stereocenters. The molecule has 0 unspecified atom stereocenters. The largest absolute Gasteiger partial charge is 0.497 e. The van der Waals surface area contributed by atoms with Gasteiger partial charge in [0.25, 0.3) is 0 Å². The molecule has 3 rings (SSSR count). The maximum Gasteiger partial charge on any atom is 0.229 e. The summed E-state index contributed by atoms with van der Waals surface area (Å²) >= 11 is 0. The van der Waals surface area contributed by atoms with Crippen molar-refractivity contribution in [3.05, 3.63) is 42.5 Å². The first-order chi connectivity index (χ1) is 13.5. The number of nitrogens with one attached hydrogen (secondary N) is 1. The second kappa shape index (κ2) is 8.78. The minimum Gasteiger partial charge on any atom is -0.497 e. The van der Waals surface area contributed by atoms with Crippen LogP contribution in [0.25, 0.3) is 11.1 Å². The minimum atomic E-state index is -0.191. The van der Waals surface area contributed by atoms with Gasteiger partial charge in [-0.3, -0.25) is 9.59 Å². The van der Waals surface area contributed by atoms with Gasteiger partial charge in [-0.1, -0.05) is 12.1 Å². The molecule has 28 heavy (non-hydrogen) atoms. The molecule has 1 saturated heterocycles. The number of rotatable bonds is 5. The van der Waals surface area contributed by atoms with Gasteiger partial charge in [-0.25, -0.2) is 0 Å². The molecule has 1 aliphatic rings. The van der Waals surface area contributed by atoms with Crippen LogP contribution in [0, 0.1) is 5.92 Å². The summed E-state index contributed by atoms with van der Waals surface area (Å²) in [6.45, 7) is 2.75. The van der Waals surface area contributed by atoms with Crippen LogP contribution in [0.15, 0.2) is 42.5 Å². The van der Waals surface area contributed by atoms with Gasteiger partial charge in [0.15, 0.2) is 0 Å². The average molecular weight is 382 g/mol. The van der Waals surface area contributed by atoms with E-state index in [0.29, 0.717) is 12.2 Å². The molecule has 2 amide bonds. The first-order valence-corrected chi connectivity index (χ1v) is 9.40. The van der Waals surface area contributed by atoms with Gasteiger partial charge in [0, 0.05) is 31.3 Å². The highest BCUT2D eigenvalue weighted by Crippen LogP contribution is 2.33. The molecule has 2 aromatic carbocycles. The van der Waals surface area contributed by atoms with Crippen molar-refractivity contribution < 1.29 is 19.1 Å². The van der Waals surface area contributed by atoms with Crippen molar-refractivity contribution in [3.8, 4) is 22.6 Å². The van der Waals surface area contributed by atoms with Gasteiger partial charge in [0.05, 0.1) is 20.1 Å². The van der Waals surface area contributed by atoms with E-state index in [2.05, 4.69) is 5.32 Å². The van der Waals surface area contributed by atoms with E-state index in [-0.39, 0.29) is 17.7 Å². The highest BCUT2D eigenvalue weighted by molar-refractivity contribution is 5.94. The molecule has 6 nitrogen and oxygen atoms in total. The first-order valence-electron chi connectivity index (χ1n) is 9.40. The fourth-order valence-electron chi connectivity index (χ4n) is 3.50. The van der Waals surface area contributed by atoms with Crippen LogP contribution in [0.1, 0.15) is 19.8 Å². The first kappa shape index (κ1) is 19.7. The van der Waals surface area contributed by atoms with Gasteiger partial charge >= 0.3 is 0 Å². The quantitative estimate of drug-likeness (QED) is 0.858. The van der Waals surface area contributed by atoms with E-state index in [9.17, 15) is 9.59 Å². The fraction of sp³-hybridized carbons (Fsp3) is 0.364. The number of anilines is 1. The number of hydrogen-bond acceptors (Lipinski definition) is 4. The Hall–Kier alpha value is -3.02. The van der Waals surface area contributed by atoms with Gasteiger partial charge in [-0.05, 0) is 48.7 Å². The van der Waals surface area contributed by atoms with Crippen molar-refractivity contribution in [2.45, 2.75) is 19.8 Å². The summed E-state index contributed by atoms with van der Waals surface area (Å²) in [7, 11) is 3.25. The molecule has 1 heterocycles. The zero-order valence-corrected chi connectivity index (χ0v) is 16.5. The van der Waals surface area contributed by atoms with E-state index in [0.717, 1.165) is 42.0 Å². The summed E-state index contributed by atoms with van der Waals surface area (Å²) in [6, 6.07) is 13.3. The Morgan fingerprint density at radius 3 is 2.46 bits per heavy atom. The van der Waals surface area contributed by atoms with E-state index < -0.39 is 0 Å². The van der Waals surface area contributed by atoms with Crippen LogP contribution in [-0.2, 0) is 9.59 Å². The van der Waals surface area contributed by atoms with Crippen molar-refractivity contribution in [2.24, 2.45) is 5.92 Å². The van der Waals surface area contributed by atoms with Gasteiger partial charge < -0.3 is 19.7 Å². The number of likely N-dealkylation sites (tertiary alicyclic amines) is 1. The van der Waals surface area contributed by atoms with Crippen molar-refractivity contribution in [1.82, 2.24) is 4.90 Å². The number of hydrogen-bond donors (Lipinski definition) is 1. The standard InChI is InChI=1S/C22H26N2O4/c1-15(25)24-12-4-5-17(14-24)22(26)23-18-8-11-21(28-3)20(13-18)16-6-9-19(27-2)10-7-16/h6-11,13,17H,4-5,12,14H2,1-3H3,(H,23,26)/t17-/m1/s1. The predicted molar refractivity (Wildman–Crippen MR) is 109 cm³/mol. The molecule has 1 N–H and O–H groups in total. The molecule has 0 aromatic heterocycles. The fourth-order valence-corrected chi connectivity index (χ4v) is 3.50. The molecular weight excluding hydrogens is 356 g/mol. The van der Waals surface area contributed by atoms with E-state index in [1.54, 1.807) is 26.0 Å². The topological polar surface area (TPSA) is 67.9 Å². The number of amides is 2. The molecule has 0 spiro atoms. The maximum absolute atomic E-state index is 12.7. The lowest BCUT2D eigenvalue weighted by Gasteiger charge is -2.31. The van der Waals surface area contributed by atoms with Crippen LogP contribution in [0.4, 0.5) is 5.69 Å². The molecular formula is C22H26N2O4. The Balaban J connectivity index is 1.78. The van der Waals surface area contributed by atoms with Crippen molar-refractivity contribution >= 4 is 17.5 Å². The Morgan fingerprint density at radius 1 is 1.07 bits per heavy atom. The number of carbonyl (C=O) groups excluding carboxylic acids is 2. The van der Waals surface area contributed by atoms with Gasteiger partial charge in [-0.2, -0.15) is 0 Å². The highest BCUT2D eigenvalue weighted by Gasteiger charge is 2.27. The molecule has 1 aliphatic heterocycles. The van der Waals surface area contributed by atoms with Crippen LogP contribution in [-0.4, -0.2) is 44.0 Å². The lowest BCUT2D eigenvalue weighted by atomic mass is 9.96. The lowest BCUT2D eigenvalue weighted by Crippen LogP contribution is -2.42. The van der Waals surface area contributed by atoms with Crippen molar-refractivity contribution in [1.29, 1.82) is 0 Å². The van der Waals surface area contributed by atoms with Crippen LogP contribution >= 0.6 is 0 Å². The highest BCUT2D eigenvalue weighted by atomic mass is 16.5. The van der Waals surface area contributed by atoms with Gasteiger partial charge in [-0.15, -0.1) is 0 Å². The third-order valence-electron chi connectivity index (χ3n) is 5.11. The zero-order valence-electron chi connectivity index (χ0n) is 16.5. The predicted octanol–water partition coefficient (Wildman–Crippen LogP) is 3.57. The summed E-state index contributed by atoms with van der Waals surface area (Å²) in [5, 5.41) is 3.00. The minimum absolute atomic E-state index is 0.0174. The van der Waals surface area contributed by atoms with Crippen molar-refractivity contribution in [3.63, 3.8) is 0 Å². The number of piperidine rings is 1. The van der Waals surface area contributed by atoms with Crippen LogP contribution < -0.4 is 14.8 Å². The van der Waals surface area contributed by atoms with E-state index in [4.69, 9.17) is 9.47 Å². The second-order valence-electron chi connectivity index (χ2n) is 6.94. The Kier molecular flexibility index (Phi) is 6.19. The summed E-state index contributed by atoms with van der Waals surface area (Å²) in [5.74, 6) is 1.27. The number of ether oxygens (including phenoxy) is 2. The van der Waals surface area contributed by atoms with Crippen molar-refractivity contribution in [2.75, 3.05) is 32.6 Å². The summed E-state index contributed by atoms with van der Waals surface area (Å²) in [5.41, 5.74) is 2.56. The molecule has 0 aliphatic carbocycles. The summed E-state index contributed by atoms with van der Waals surface area (Å²) in [6.07, 6.45) is 1.63.